The number of carboxylic acids is 1. The lowest BCUT2D eigenvalue weighted by atomic mass is 10.1. The van der Waals surface area contributed by atoms with Crippen molar-refractivity contribution in [3.63, 3.8) is 0 Å². The van der Waals surface area contributed by atoms with Crippen molar-refractivity contribution in [1.82, 2.24) is 0 Å². The summed E-state index contributed by atoms with van der Waals surface area (Å²) in [6, 6.07) is 11.0. The van der Waals surface area contributed by atoms with Crippen molar-refractivity contribution in [3.05, 3.63) is 52.9 Å². The molecule has 0 N–H and O–H groups in total. The van der Waals surface area contributed by atoms with E-state index in [4.69, 9.17) is 0 Å². The van der Waals surface area contributed by atoms with Crippen LogP contribution in [0.2, 0.25) is 0 Å². The highest BCUT2D eigenvalue weighted by Gasteiger charge is 2.03. The van der Waals surface area contributed by atoms with Gasteiger partial charge < -0.3 is 9.90 Å². The van der Waals surface area contributed by atoms with Crippen LogP contribution in [0.4, 0.5) is 0 Å². The van der Waals surface area contributed by atoms with E-state index >= 15 is 0 Å². The van der Waals surface area contributed by atoms with Crippen molar-refractivity contribution in [2.24, 2.45) is 0 Å². The fraction of sp³-hybridized carbons (Fsp3) is 0.0833. The number of aromatic carboxylic acids is 1. The zero-order valence-corrected chi connectivity index (χ0v) is 10.0. The van der Waals surface area contributed by atoms with Gasteiger partial charge in [0.1, 0.15) is 0 Å². The first-order valence-corrected chi connectivity index (χ1v) is 6.59. The molecule has 1 aromatic carbocycles. The average Bonchev–Trinajstić information content (AvgIpc) is 2.79. The summed E-state index contributed by atoms with van der Waals surface area (Å²) in [6.45, 7) is 0. The number of thioether (sulfide) groups is 1. The number of thiophene rings is 1. The number of benzene rings is 1. The molecular weight excluding hydrogens is 240 g/mol. The molecule has 0 aliphatic heterocycles. The molecule has 4 heteroatoms. The van der Waals surface area contributed by atoms with Gasteiger partial charge in [-0.1, -0.05) is 30.3 Å². The van der Waals surface area contributed by atoms with E-state index in [-0.39, 0.29) is 5.56 Å². The second-order valence-corrected chi connectivity index (χ2v) is 5.39. The summed E-state index contributed by atoms with van der Waals surface area (Å²) < 4.78 is 1.19. The zero-order valence-electron chi connectivity index (χ0n) is 8.38. The van der Waals surface area contributed by atoms with Crippen molar-refractivity contribution in [1.29, 1.82) is 0 Å². The van der Waals surface area contributed by atoms with Gasteiger partial charge in [-0.05, 0) is 17.0 Å². The average molecular weight is 249 g/mol. The Morgan fingerprint density at radius 2 is 2.06 bits per heavy atom. The second kappa shape index (κ2) is 5.18. The highest BCUT2D eigenvalue weighted by Crippen LogP contribution is 2.27. The van der Waals surface area contributed by atoms with Gasteiger partial charge in [-0.25, -0.2) is 0 Å². The summed E-state index contributed by atoms with van der Waals surface area (Å²) in [4.78, 5) is 10.9. The van der Waals surface area contributed by atoms with Gasteiger partial charge in [0.15, 0.2) is 0 Å². The maximum absolute atomic E-state index is 10.9. The quantitative estimate of drug-likeness (QED) is 0.781. The van der Waals surface area contributed by atoms with Gasteiger partial charge in [0, 0.05) is 11.3 Å². The maximum atomic E-state index is 10.9. The van der Waals surface area contributed by atoms with E-state index in [1.54, 1.807) is 35.2 Å². The molecular formula is C12H9O2S2-. The molecule has 0 unspecified atom stereocenters. The van der Waals surface area contributed by atoms with Crippen LogP contribution in [0.1, 0.15) is 15.9 Å². The lowest BCUT2D eigenvalue weighted by Crippen LogP contribution is -2.23. The van der Waals surface area contributed by atoms with E-state index < -0.39 is 5.97 Å². The molecule has 16 heavy (non-hydrogen) atoms. The second-order valence-electron chi connectivity index (χ2n) is 3.17. The Morgan fingerprint density at radius 1 is 1.25 bits per heavy atom. The topological polar surface area (TPSA) is 40.1 Å². The molecule has 0 bridgehead atoms. The minimum absolute atomic E-state index is 0.284. The first-order chi connectivity index (χ1) is 7.77. The molecule has 2 rings (SSSR count). The van der Waals surface area contributed by atoms with Crippen molar-refractivity contribution < 1.29 is 9.90 Å². The molecule has 82 valence electrons. The highest BCUT2D eigenvalue weighted by molar-refractivity contribution is 8.00. The summed E-state index contributed by atoms with van der Waals surface area (Å²) in [5.41, 5.74) is 1.09. The fourth-order valence-corrected chi connectivity index (χ4v) is 3.13. The molecule has 1 heterocycles. The third-order valence-corrected chi connectivity index (χ3v) is 4.28. The molecule has 0 aliphatic rings. The molecule has 1 aromatic heterocycles. The Kier molecular flexibility index (Phi) is 3.64. The van der Waals surface area contributed by atoms with Crippen LogP contribution in [0.5, 0.6) is 0 Å². The van der Waals surface area contributed by atoms with Gasteiger partial charge in [-0.15, -0.1) is 23.1 Å². The van der Waals surface area contributed by atoms with E-state index in [2.05, 4.69) is 0 Å². The first kappa shape index (κ1) is 11.2. The molecule has 2 nitrogen and oxygen atoms in total. The lowest BCUT2D eigenvalue weighted by molar-refractivity contribution is -0.255. The summed E-state index contributed by atoms with van der Waals surface area (Å²) in [6.07, 6.45) is 0. The molecule has 2 aromatic rings. The number of hydrogen-bond donors (Lipinski definition) is 0. The van der Waals surface area contributed by atoms with Crippen molar-refractivity contribution in [3.8, 4) is 0 Å². The molecule has 0 fully saturated rings. The SMILES string of the molecule is O=C([O-])c1ccccc1CSc1cccs1. The van der Waals surface area contributed by atoms with Gasteiger partial charge in [0.05, 0.1) is 10.2 Å². The van der Waals surface area contributed by atoms with Crippen molar-refractivity contribution >= 4 is 29.1 Å². The molecule has 0 amide bonds. The molecule has 0 radical (unpaired) electrons. The Hall–Kier alpha value is -1.26. The monoisotopic (exact) mass is 249 g/mol. The van der Waals surface area contributed by atoms with E-state index in [1.807, 2.05) is 29.6 Å². The fourth-order valence-electron chi connectivity index (χ4n) is 1.34. The summed E-state index contributed by atoms with van der Waals surface area (Å²) in [5, 5.41) is 12.9. The number of carbonyl (C=O) groups excluding carboxylic acids is 1. The standard InChI is InChI=1S/C12H10O2S2/c13-12(14)10-5-2-1-4-9(10)8-16-11-6-3-7-15-11/h1-7H,8H2,(H,13,14)/p-1. The Bertz CT molecular complexity index is 478. The molecule has 0 saturated heterocycles. The van der Waals surface area contributed by atoms with Crippen LogP contribution >= 0.6 is 23.1 Å². The third kappa shape index (κ3) is 2.65. The Morgan fingerprint density at radius 3 is 2.75 bits per heavy atom. The number of carboxylic acid groups (broad SMARTS) is 1. The van der Waals surface area contributed by atoms with Crippen LogP contribution in [0.25, 0.3) is 0 Å². The first-order valence-electron chi connectivity index (χ1n) is 4.73. The zero-order chi connectivity index (χ0) is 11.4. The Labute approximate surface area is 102 Å². The van der Waals surface area contributed by atoms with Crippen molar-refractivity contribution in [2.75, 3.05) is 0 Å². The predicted octanol–water partition coefficient (Wildman–Crippen LogP) is 2.40. The van der Waals surface area contributed by atoms with E-state index in [9.17, 15) is 9.90 Å². The minimum Gasteiger partial charge on any atom is -0.545 e. The van der Waals surface area contributed by atoms with Gasteiger partial charge in [-0.2, -0.15) is 0 Å². The smallest absolute Gasteiger partial charge is 0.0718 e. The van der Waals surface area contributed by atoms with Gasteiger partial charge in [-0.3, -0.25) is 0 Å². The minimum atomic E-state index is -1.11. The Balaban J connectivity index is 2.12. The normalized spacial score (nSPS) is 10.2. The molecule has 0 atom stereocenters. The maximum Gasteiger partial charge on any atom is 0.0718 e. The van der Waals surface area contributed by atoms with Gasteiger partial charge >= 0.3 is 0 Å². The van der Waals surface area contributed by atoms with Crippen LogP contribution in [-0.2, 0) is 5.75 Å². The van der Waals surface area contributed by atoms with Crippen LogP contribution in [0, 0.1) is 0 Å². The summed E-state index contributed by atoms with van der Waals surface area (Å²) in [7, 11) is 0. The van der Waals surface area contributed by atoms with E-state index in [1.165, 1.54) is 4.21 Å². The predicted molar refractivity (Wildman–Crippen MR) is 64.7 cm³/mol. The van der Waals surface area contributed by atoms with Crippen molar-refractivity contribution in [2.45, 2.75) is 9.96 Å². The third-order valence-electron chi connectivity index (χ3n) is 2.10. The van der Waals surface area contributed by atoms with Crippen LogP contribution in [0.3, 0.4) is 0 Å². The number of rotatable bonds is 4. The molecule has 0 aliphatic carbocycles. The lowest BCUT2D eigenvalue weighted by Gasteiger charge is -2.08. The largest absolute Gasteiger partial charge is 0.545 e. The van der Waals surface area contributed by atoms with Crippen LogP contribution < -0.4 is 5.11 Å². The summed E-state index contributed by atoms with van der Waals surface area (Å²) >= 11 is 3.30. The van der Waals surface area contributed by atoms with Crippen LogP contribution in [0.15, 0.2) is 46.0 Å². The van der Waals surface area contributed by atoms with Gasteiger partial charge in [0.2, 0.25) is 0 Å². The van der Waals surface area contributed by atoms with E-state index in [0.717, 1.165) is 5.56 Å². The highest BCUT2D eigenvalue weighted by atomic mass is 32.2. The van der Waals surface area contributed by atoms with Crippen LogP contribution in [-0.4, -0.2) is 5.97 Å². The molecule has 0 spiro atoms. The van der Waals surface area contributed by atoms with Gasteiger partial charge in [0.25, 0.3) is 0 Å². The van der Waals surface area contributed by atoms with E-state index in [0.29, 0.717) is 5.75 Å². The number of hydrogen-bond acceptors (Lipinski definition) is 4. The summed E-state index contributed by atoms with van der Waals surface area (Å²) in [5.74, 6) is -0.452. The molecule has 0 saturated carbocycles. The number of carbonyl (C=O) groups is 1.